The van der Waals surface area contributed by atoms with Gasteiger partial charge in [0.15, 0.2) is 0 Å². The minimum atomic E-state index is -0.490. The van der Waals surface area contributed by atoms with Gasteiger partial charge in [-0.1, -0.05) is 0 Å². The lowest BCUT2D eigenvalue weighted by Crippen LogP contribution is -2.25. The zero-order chi connectivity index (χ0) is 14.0. The van der Waals surface area contributed by atoms with E-state index in [0.717, 1.165) is 0 Å². The summed E-state index contributed by atoms with van der Waals surface area (Å²) in [5.41, 5.74) is 0.201. The molecule has 1 saturated heterocycles. The Morgan fingerprint density at radius 2 is 2.32 bits per heavy atom. The second-order valence-electron chi connectivity index (χ2n) is 4.37. The molecule has 0 aliphatic carbocycles. The Morgan fingerprint density at radius 1 is 1.58 bits per heavy atom. The van der Waals surface area contributed by atoms with Gasteiger partial charge in [-0.2, -0.15) is 12.6 Å². The van der Waals surface area contributed by atoms with Crippen LogP contribution in [0.5, 0.6) is 5.75 Å². The number of thiol groups is 1. The number of benzene rings is 1. The summed E-state index contributed by atoms with van der Waals surface area (Å²) in [6, 6.07) is 4.39. The van der Waals surface area contributed by atoms with Crippen molar-refractivity contribution in [2.75, 3.05) is 24.3 Å². The Labute approximate surface area is 115 Å². The largest absolute Gasteiger partial charge is 0.497 e. The van der Waals surface area contributed by atoms with Crippen LogP contribution in [0, 0.1) is 16.0 Å². The normalized spacial score (nSPS) is 18.7. The smallest absolute Gasteiger partial charge is 0.293 e. The highest BCUT2D eigenvalue weighted by molar-refractivity contribution is 7.80. The minimum absolute atomic E-state index is 0.0889. The van der Waals surface area contributed by atoms with E-state index in [9.17, 15) is 14.9 Å². The van der Waals surface area contributed by atoms with Crippen LogP contribution in [0.25, 0.3) is 0 Å². The van der Waals surface area contributed by atoms with E-state index in [1.165, 1.54) is 30.2 Å². The topological polar surface area (TPSA) is 72.7 Å². The lowest BCUT2D eigenvalue weighted by atomic mass is 10.1. The number of rotatable bonds is 4. The van der Waals surface area contributed by atoms with Crippen molar-refractivity contribution in [3.05, 3.63) is 28.3 Å². The van der Waals surface area contributed by atoms with Gasteiger partial charge in [0.2, 0.25) is 5.91 Å². The van der Waals surface area contributed by atoms with Crippen molar-refractivity contribution in [2.24, 2.45) is 5.92 Å². The maximum atomic E-state index is 11.9. The Balaban J connectivity index is 2.42. The number of ether oxygens (including phenoxy) is 1. The number of methoxy groups -OCH3 is 1. The molecule has 1 aliphatic rings. The van der Waals surface area contributed by atoms with Crippen LogP contribution in [0.3, 0.4) is 0 Å². The molecule has 0 spiro atoms. The molecule has 0 bridgehead atoms. The molecule has 1 aromatic rings. The average molecular weight is 282 g/mol. The summed E-state index contributed by atoms with van der Waals surface area (Å²) in [4.78, 5) is 24.0. The Morgan fingerprint density at radius 3 is 2.84 bits per heavy atom. The highest BCUT2D eigenvalue weighted by Crippen LogP contribution is 2.35. The first-order chi connectivity index (χ1) is 9.06. The first-order valence-electron chi connectivity index (χ1n) is 5.80. The molecular formula is C12H14N2O4S. The molecule has 19 heavy (non-hydrogen) atoms. The van der Waals surface area contributed by atoms with Crippen molar-refractivity contribution < 1.29 is 14.5 Å². The van der Waals surface area contributed by atoms with Crippen LogP contribution in [0.2, 0.25) is 0 Å². The molecule has 102 valence electrons. The fourth-order valence-corrected chi connectivity index (χ4v) is 2.38. The van der Waals surface area contributed by atoms with Crippen LogP contribution in [-0.4, -0.2) is 30.2 Å². The SMILES string of the molecule is COc1ccc([N+](=O)[O-])c(N2CC(CS)CC2=O)c1. The summed E-state index contributed by atoms with van der Waals surface area (Å²) in [5.74, 6) is 1.08. The van der Waals surface area contributed by atoms with E-state index in [4.69, 9.17) is 4.74 Å². The van der Waals surface area contributed by atoms with Crippen molar-refractivity contribution >= 4 is 29.9 Å². The number of carbonyl (C=O) groups excluding carboxylic acids is 1. The van der Waals surface area contributed by atoms with Crippen molar-refractivity contribution in [2.45, 2.75) is 6.42 Å². The molecule has 0 aromatic heterocycles. The molecule has 1 fully saturated rings. The number of nitro groups is 1. The third-order valence-corrected chi connectivity index (χ3v) is 3.65. The number of anilines is 1. The summed E-state index contributed by atoms with van der Waals surface area (Å²) in [7, 11) is 1.48. The van der Waals surface area contributed by atoms with Gasteiger partial charge in [-0.05, 0) is 17.7 Å². The molecule has 1 heterocycles. The predicted molar refractivity (Wildman–Crippen MR) is 74.0 cm³/mol. The zero-order valence-corrected chi connectivity index (χ0v) is 11.3. The van der Waals surface area contributed by atoms with Crippen molar-refractivity contribution in [3.8, 4) is 5.75 Å². The van der Waals surface area contributed by atoms with E-state index in [-0.39, 0.29) is 17.5 Å². The summed E-state index contributed by atoms with van der Waals surface area (Å²) in [6.07, 6.45) is 0.373. The monoisotopic (exact) mass is 282 g/mol. The van der Waals surface area contributed by atoms with Crippen molar-refractivity contribution in [1.82, 2.24) is 0 Å². The second kappa shape index (κ2) is 5.48. The van der Waals surface area contributed by atoms with E-state index in [0.29, 0.717) is 30.2 Å². The molecule has 1 amide bonds. The lowest BCUT2D eigenvalue weighted by Gasteiger charge is -2.17. The van der Waals surface area contributed by atoms with Gasteiger partial charge in [0.05, 0.1) is 12.0 Å². The van der Waals surface area contributed by atoms with Gasteiger partial charge in [0.25, 0.3) is 5.69 Å². The molecule has 7 heteroatoms. The van der Waals surface area contributed by atoms with E-state index in [1.54, 1.807) is 0 Å². The Hall–Kier alpha value is -1.76. The molecule has 1 unspecified atom stereocenters. The van der Waals surface area contributed by atoms with Gasteiger partial charge in [0, 0.05) is 25.1 Å². The third kappa shape index (κ3) is 2.65. The third-order valence-electron chi connectivity index (χ3n) is 3.13. The number of hydrogen-bond acceptors (Lipinski definition) is 5. The summed E-state index contributed by atoms with van der Waals surface area (Å²) in [5, 5.41) is 11.0. The van der Waals surface area contributed by atoms with Crippen LogP contribution in [0.4, 0.5) is 11.4 Å². The minimum Gasteiger partial charge on any atom is -0.497 e. The second-order valence-corrected chi connectivity index (χ2v) is 4.73. The van der Waals surface area contributed by atoms with E-state index >= 15 is 0 Å². The van der Waals surface area contributed by atoms with Gasteiger partial charge < -0.3 is 9.64 Å². The number of amides is 1. The van der Waals surface area contributed by atoms with Crippen LogP contribution in [0.1, 0.15) is 6.42 Å². The van der Waals surface area contributed by atoms with Gasteiger partial charge in [-0.15, -0.1) is 0 Å². The molecular weight excluding hydrogens is 268 g/mol. The van der Waals surface area contributed by atoms with E-state index in [2.05, 4.69) is 12.6 Å². The highest BCUT2D eigenvalue weighted by Gasteiger charge is 2.33. The van der Waals surface area contributed by atoms with E-state index < -0.39 is 4.92 Å². The maximum Gasteiger partial charge on any atom is 0.293 e. The zero-order valence-electron chi connectivity index (χ0n) is 10.4. The molecule has 1 aliphatic heterocycles. The summed E-state index contributed by atoms with van der Waals surface area (Å²) >= 11 is 4.18. The average Bonchev–Trinajstić information content (AvgIpc) is 2.79. The van der Waals surface area contributed by atoms with Gasteiger partial charge in [-0.25, -0.2) is 0 Å². The van der Waals surface area contributed by atoms with Crippen LogP contribution >= 0.6 is 12.6 Å². The Kier molecular flexibility index (Phi) is 3.94. The van der Waals surface area contributed by atoms with Gasteiger partial charge >= 0.3 is 0 Å². The van der Waals surface area contributed by atoms with Crippen LogP contribution in [0.15, 0.2) is 18.2 Å². The van der Waals surface area contributed by atoms with Gasteiger partial charge in [0.1, 0.15) is 11.4 Å². The lowest BCUT2D eigenvalue weighted by molar-refractivity contribution is -0.384. The standard InChI is InChI=1S/C12H14N2O4S/c1-18-9-2-3-10(14(16)17)11(5-9)13-6-8(7-19)4-12(13)15/h2-3,5,8,19H,4,6-7H2,1H3. The van der Waals surface area contributed by atoms with Crippen molar-refractivity contribution in [1.29, 1.82) is 0 Å². The molecule has 0 N–H and O–H groups in total. The predicted octanol–water partition coefficient (Wildman–Crippen LogP) is 1.89. The molecule has 1 aromatic carbocycles. The number of nitro benzene ring substituents is 1. The van der Waals surface area contributed by atoms with Crippen molar-refractivity contribution in [3.63, 3.8) is 0 Å². The molecule has 0 radical (unpaired) electrons. The molecule has 6 nitrogen and oxygen atoms in total. The Bertz CT molecular complexity index is 520. The first-order valence-corrected chi connectivity index (χ1v) is 6.43. The summed E-state index contributed by atoms with van der Waals surface area (Å²) in [6.45, 7) is 0.455. The van der Waals surface area contributed by atoms with Gasteiger partial charge in [-0.3, -0.25) is 14.9 Å². The van der Waals surface area contributed by atoms with Crippen LogP contribution < -0.4 is 9.64 Å². The first kappa shape index (κ1) is 13.7. The molecule has 0 saturated carbocycles. The number of carbonyl (C=O) groups is 1. The molecule has 1 atom stereocenters. The highest BCUT2D eigenvalue weighted by atomic mass is 32.1. The number of hydrogen-bond donors (Lipinski definition) is 1. The fourth-order valence-electron chi connectivity index (χ4n) is 2.14. The van der Waals surface area contributed by atoms with Crippen LogP contribution in [-0.2, 0) is 4.79 Å². The maximum absolute atomic E-state index is 11.9. The summed E-state index contributed by atoms with van der Waals surface area (Å²) < 4.78 is 5.06. The quantitative estimate of drug-likeness (QED) is 0.520. The number of nitrogens with zero attached hydrogens (tertiary/aromatic N) is 2. The van der Waals surface area contributed by atoms with E-state index in [1.807, 2.05) is 0 Å². The molecule has 2 rings (SSSR count). The fraction of sp³-hybridized carbons (Fsp3) is 0.417.